The van der Waals surface area contributed by atoms with Crippen LogP contribution in [0.5, 0.6) is 11.5 Å². The highest BCUT2D eigenvalue weighted by molar-refractivity contribution is 7.21. The first-order valence-electron chi connectivity index (χ1n) is 8.06. The second-order valence-electron chi connectivity index (χ2n) is 6.00. The molecule has 3 rings (SSSR count). The van der Waals surface area contributed by atoms with Gasteiger partial charge < -0.3 is 20.5 Å². The molecule has 0 aliphatic carbocycles. The molecular formula is C19H21N3O3S. The second kappa shape index (κ2) is 6.84. The number of rotatable bonds is 4. The lowest BCUT2D eigenvalue weighted by Crippen LogP contribution is -2.12. The van der Waals surface area contributed by atoms with Crippen molar-refractivity contribution in [3.8, 4) is 11.5 Å². The number of amides is 1. The summed E-state index contributed by atoms with van der Waals surface area (Å²) in [4.78, 5) is 18.6. The predicted molar refractivity (Wildman–Crippen MR) is 106 cm³/mol. The molecule has 0 unspecified atom stereocenters. The Balaban J connectivity index is 1.98. The number of carbonyl (C=O) groups is 1. The highest BCUT2D eigenvalue weighted by Gasteiger charge is 2.20. The number of carbonyl (C=O) groups excluding carboxylic acids is 1. The van der Waals surface area contributed by atoms with Crippen molar-refractivity contribution in [2.24, 2.45) is 0 Å². The van der Waals surface area contributed by atoms with E-state index in [-0.39, 0.29) is 5.91 Å². The number of anilines is 2. The number of aromatic nitrogens is 1. The van der Waals surface area contributed by atoms with Crippen LogP contribution in [0.25, 0.3) is 10.2 Å². The minimum Gasteiger partial charge on any atom is -0.493 e. The summed E-state index contributed by atoms with van der Waals surface area (Å²) >= 11 is 1.30. The van der Waals surface area contributed by atoms with Gasteiger partial charge in [-0.2, -0.15) is 0 Å². The van der Waals surface area contributed by atoms with Gasteiger partial charge in [-0.25, -0.2) is 4.98 Å². The number of aryl methyl sites for hydroxylation is 2. The van der Waals surface area contributed by atoms with Crippen molar-refractivity contribution >= 4 is 38.8 Å². The number of fused-ring (bicyclic) bond motifs is 1. The minimum atomic E-state index is -0.271. The third-order valence-corrected chi connectivity index (χ3v) is 5.62. The van der Waals surface area contributed by atoms with Crippen LogP contribution in [0, 0.1) is 20.8 Å². The summed E-state index contributed by atoms with van der Waals surface area (Å²) in [6.07, 6.45) is 0. The standard InChI is InChI=1S/C19H21N3O3S/c1-9-10(2)15-16(20)17(26-19(15)21-11(9)3)18(23)22-12-6-7-13(24-4)14(8-12)25-5/h6-8H,20H2,1-5H3,(H,22,23). The van der Waals surface area contributed by atoms with Crippen molar-refractivity contribution in [2.75, 3.05) is 25.3 Å². The fraction of sp³-hybridized carbons (Fsp3) is 0.263. The van der Waals surface area contributed by atoms with E-state index in [1.54, 1.807) is 32.4 Å². The Morgan fingerprint density at radius 2 is 1.81 bits per heavy atom. The highest BCUT2D eigenvalue weighted by Crippen LogP contribution is 2.37. The van der Waals surface area contributed by atoms with Gasteiger partial charge >= 0.3 is 0 Å². The molecule has 1 amide bonds. The molecule has 3 N–H and O–H groups in total. The lowest BCUT2D eigenvalue weighted by Gasteiger charge is -2.10. The average molecular weight is 371 g/mol. The molecule has 0 aliphatic heterocycles. The number of nitrogens with one attached hydrogen (secondary N) is 1. The van der Waals surface area contributed by atoms with Crippen molar-refractivity contribution < 1.29 is 14.3 Å². The second-order valence-corrected chi connectivity index (χ2v) is 7.00. The number of hydrogen-bond donors (Lipinski definition) is 2. The molecule has 0 fully saturated rings. The normalized spacial score (nSPS) is 10.8. The Bertz CT molecular complexity index is 1010. The summed E-state index contributed by atoms with van der Waals surface area (Å²) in [6, 6.07) is 5.19. The van der Waals surface area contributed by atoms with Gasteiger partial charge in [-0.3, -0.25) is 4.79 Å². The highest BCUT2D eigenvalue weighted by atomic mass is 32.1. The van der Waals surface area contributed by atoms with Crippen molar-refractivity contribution in [1.29, 1.82) is 0 Å². The van der Waals surface area contributed by atoms with E-state index in [1.165, 1.54) is 11.3 Å². The molecule has 2 heterocycles. The number of nitrogens with zero attached hydrogens (tertiary/aromatic N) is 1. The van der Waals surface area contributed by atoms with Gasteiger partial charge in [0.2, 0.25) is 0 Å². The molecule has 1 aromatic carbocycles. The van der Waals surface area contributed by atoms with Crippen molar-refractivity contribution in [3.63, 3.8) is 0 Å². The van der Waals surface area contributed by atoms with Crippen molar-refractivity contribution in [1.82, 2.24) is 4.98 Å². The molecule has 2 aromatic heterocycles. The topological polar surface area (TPSA) is 86.5 Å². The van der Waals surface area contributed by atoms with E-state index in [9.17, 15) is 4.79 Å². The van der Waals surface area contributed by atoms with Gasteiger partial charge in [0.15, 0.2) is 11.5 Å². The van der Waals surface area contributed by atoms with E-state index < -0.39 is 0 Å². The lowest BCUT2D eigenvalue weighted by atomic mass is 10.1. The number of methoxy groups -OCH3 is 2. The van der Waals surface area contributed by atoms with Crippen LogP contribution in [0.3, 0.4) is 0 Å². The zero-order valence-electron chi connectivity index (χ0n) is 15.4. The van der Waals surface area contributed by atoms with Crippen molar-refractivity contribution in [2.45, 2.75) is 20.8 Å². The van der Waals surface area contributed by atoms with Gasteiger partial charge in [-0.15, -0.1) is 11.3 Å². The average Bonchev–Trinajstić information content (AvgIpc) is 2.96. The fourth-order valence-corrected chi connectivity index (χ4v) is 3.93. The Morgan fingerprint density at radius 1 is 1.12 bits per heavy atom. The van der Waals surface area contributed by atoms with Gasteiger partial charge in [0, 0.05) is 22.8 Å². The number of ether oxygens (including phenoxy) is 2. The third kappa shape index (κ3) is 2.94. The third-order valence-electron chi connectivity index (χ3n) is 4.52. The van der Waals surface area contributed by atoms with Gasteiger partial charge in [0.1, 0.15) is 9.71 Å². The van der Waals surface area contributed by atoms with Gasteiger partial charge in [0.05, 0.1) is 19.9 Å². The molecule has 7 heteroatoms. The predicted octanol–water partition coefficient (Wildman–Crippen LogP) is 4.07. The number of pyridine rings is 1. The number of benzene rings is 1. The van der Waals surface area contributed by atoms with E-state index >= 15 is 0 Å². The van der Waals surface area contributed by atoms with E-state index in [0.717, 1.165) is 27.0 Å². The zero-order chi connectivity index (χ0) is 19.0. The Kier molecular flexibility index (Phi) is 4.73. The summed E-state index contributed by atoms with van der Waals surface area (Å²) in [5, 5.41) is 3.72. The van der Waals surface area contributed by atoms with Crippen LogP contribution in [0.2, 0.25) is 0 Å². The van der Waals surface area contributed by atoms with Crippen molar-refractivity contribution in [3.05, 3.63) is 39.9 Å². The van der Waals surface area contributed by atoms with Crippen LogP contribution in [0.15, 0.2) is 18.2 Å². The summed E-state index contributed by atoms with van der Waals surface area (Å²) < 4.78 is 10.5. The SMILES string of the molecule is COc1ccc(NC(=O)c2sc3nc(C)c(C)c(C)c3c2N)cc1OC. The summed E-state index contributed by atoms with van der Waals surface area (Å²) in [5.41, 5.74) is 10.4. The smallest absolute Gasteiger partial charge is 0.267 e. The van der Waals surface area contributed by atoms with Gasteiger partial charge in [-0.1, -0.05) is 0 Å². The molecule has 0 bridgehead atoms. The van der Waals surface area contributed by atoms with Gasteiger partial charge in [-0.05, 0) is 44.0 Å². The van der Waals surface area contributed by atoms with E-state index in [4.69, 9.17) is 15.2 Å². The maximum Gasteiger partial charge on any atom is 0.267 e. The number of thiophene rings is 1. The van der Waals surface area contributed by atoms with E-state index in [1.807, 2.05) is 20.8 Å². The lowest BCUT2D eigenvalue weighted by molar-refractivity contribution is 0.103. The maximum atomic E-state index is 12.8. The molecule has 0 spiro atoms. The summed E-state index contributed by atoms with van der Waals surface area (Å²) in [5.74, 6) is 0.864. The quantitative estimate of drug-likeness (QED) is 0.722. The molecule has 0 radical (unpaired) electrons. The number of hydrogen-bond acceptors (Lipinski definition) is 6. The van der Waals surface area contributed by atoms with Crippen LogP contribution >= 0.6 is 11.3 Å². The Morgan fingerprint density at radius 3 is 2.46 bits per heavy atom. The van der Waals surface area contributed by atoms with Crippen LogP contribution in [-0.2, 0) is 0 Å². The Labute approximate surface area is 155 Å². The fourth-order valence-electron chi connectivity index (χ4n) is 2.84. The van der Waals surface area contributed by atoms with E-state index in [0.29, 0.717) is 27.8 Å². The molecule has 6 nitrogen and oxygen atoms in total. The molecule has 26 heavy (non-hydrogen) atoms. The minimum absolute atomic E-state index is 0.271. The van der Waals surface area contributed by atoms with E-state index in [2.05, 4.69) is 10.3 Å². The molecular weight excluding hydrogens is 350 g/mol. The number of nitrogen functional groups attached to an aromatic ring is 1. The number of nitrogens with two attached hydrogens (primary N) is 1. The van der Waals surface area contributed by atoms with Crippen LogP contribution in [-0.4, -0.2) is 25.1 Å². The van der Waals surface area contributed by atoms with Gasteiger partial charge in [0.25, 0.3) is 5.91 Å². The first-order chi connectivity index (χ1) is 12.4. The van der Waals surface area contributed by atoms with Crippen LogP contribution < -0.4 is 20.5 Å². The summed E-state index contributed by atoms with van der Waals surface area (Å²) in [7, 11) is 3.11. The van der Waals surface area contributed by atoms with Crippen LogP contribution in [0.4, 0.5) is 11.4 Å². The maximum absolute atomic E-state index is 12.8. The monoisotopic (exact) mass is 371 g/mol. The first-order valence-corrected chi connectivity index (χ1v) is 8.88. The molecule has 0 atom stereocenters. The molecule has 3 aromatic rings. The molecule has 0 aliphatic rings. The largest absolute Gasteiger partial charge is 0.493 e. The molecule has 136 valence electrons. The van der Waals surface area contributed by atoms with Crippen LogP contribution in [0.1, 0.15) is 26.5 Å². The molecule has 0 saturated carbocycles. The first kappa shape index (κ1) is 18.0. The zero-order valence-corrected chi connectivity index (χ0v) is 16.2. The molecule has 0 saturated heterocycles. The summed E-state index contributed by atoms with van der Waals surface area (Å²) in [6.45, 7) is 5.98. The Hall–Kier alpha value is -2.80.